The largest absolute Gasteiger partial charge is 0.459 e. The summed E-state index contributed by atoms with van der Waals surface area (Å²) in [5.74, 6) is 5.76. The third kappa shape index (κ3) is 3.86. The predicted octanol–water partition coefficient (Wildman–Crippen LogP) is 1.82. The minimum absolute atomic E-state index is 0.0972. The van der Waals surface area contributed by atoms with Gasteiger partial charge in [-0.05, 0) is 40.5 Å². The van der Waals surface area contributed by atoms with Crippen LogP contribution in [0.3, 0.4) is 0 Å². The molecule has 1 aliphatic rings. The molecule has 0 amide bonds. The molecule has 0 aliphatic carbocycles. The standard InChI is InChI=1S/C13H21NO2/c1-5-6-9-14-10-7-8-11(14)12(15)16-13(2,3)4/h11H,7-10H2,1-4H3/t11-/m0/s1. The lowest BCUT2D eigenvalue weighted by Gasteiger charge is -2.26. The molecule has 1 rings (SSSR count). The zero-order chi connectivity index (χ0) is 12.2. The first-order valence-corrected chi connectivity index (χ1v) is 5.80. The fourth-order valence-electron chi connectivity index (χ4n) is 1.83. The highest BCUT2D eigenvalue weighted by Crippen LogP contribution is 2.20. The highest BCUT2D eigenvalue weighted by atomic mass is 16.6. The van der Waals surface area contributed by atoms with Gasteiger partial charge in [-0.3, -0.25) is 9.69 Å². The average Bonchev–Trinajstić information content (AvgIpc) is 2.59. The van der Waals surface area contributed by atoms with Crippen LogP contribution in [0.2, 0.25) is 0 Å². The molecule has 3 nitrogen and oxygen atoms in total. The Balaban J connectivity index is 2.56. The van der Waals surface area contributed by atoms with Crippen molar-refractivity contribution in [3.63, 3.8) is 0 Å². The van der Waals surface area contributed by atoms with Crippen molar-refractivity contribution in [3.8, 4) is 11.8 Å². The van der Waals surface area contributed by atoms with E-state index in [-0.39, 0.29) is 12.0 Å². The molecular formula is C13H21NO2. The Bertz CT molecular complexity index is 306. The molecule has 0 aromatic carbocycles. The van der Waals surface area contributed by atoms with Gasteiger partial charge in [-0.1, -0.05) is 5.92 Å². The van der Waals surface area contributed by atoms with Crippen LogP contribution < -0.4 is 0 Å². The minimum atomic E-state index is -0.401. The zero-order valence-electron chi connectivity index (χ0n) is 10.7. The van der Waals surface area contributed by atoms with Crippen molar-refractivity contribution in [2.75, 3.05) is 13.1 Å². The lowest BCUT2D eigenvalue weighted by molar-refractivity contribution is -0.160. The summed E-state index contributed by atoms with van der Waals surface area (Å²) in [6, 6.07) is -0.0972. The van der Waals surface area contributed by atoms with E-state index in [0.29, 0.717) is 6.54 Å². The Morgan fingerprint density at radius 2 is 2.19 bits per heavy atom. The number of rotatable bonds is 2. The Morgan fingerprint density at radius 1 is 1.50 bits per heavy atom. The quantitative estimate of drug-likeness (QED) is 0.528. The molecule has 0 unspecified atom stereocenters. The Hall–Kier alpha value is -1.01. The first-order chi connectivity index (χ1) is 7.44. The molecule has 0 saturated carbocycles. The number of carbonyl (C=O) groups is 1. The summed E-state index contributed by atoms with van der Waals surface area (Å²) < 4.78 is 5.40. The van der Waals surface area contributed by atoms with E-state index in [1.807, 2.05) is 27.7 Å². The van der Waals surface area contributed by atoms with E-state index >= 15 is 0 Å². The van der Waals surface area contributed by atoms with Crippen molar-refractivity contribution in [1.82, 2.24) is 4.90 Å². The van der Waals surface area contributed by atoms with Crippen LogP contribution in [0.1, 0.15) is 40.5 Å². The van der Waals surface area contributed by atoms with Gasteiger partial charge >= 0.3 is 5.97 Å². The molecular weight excluding hydrogens is 202 g/mol. The van der Waals surface area contributed by atoms with Crippen LogP contribution in [0, 0.1) is 11.8 Å². The normalized spacial score (nSPS) is 21.4. The molecule has 1 saturated heterocycles. The summed E-state index contributed by atoms with van der Waals surface area (Å²) in [4.78, 5) is 14.0. The predicted molar refractivity (Wildman–Crippen MR) is 63.9 cm³/mol. The molecule has 0 bridgehead atoms. The Labute approximate surface area is 98.1 Å². The second-order valence-electron chi connectivity index (χ2n) is 5.09. The zero-order valence-corrected chi connectivity index (χ0v) is 10.7. The molecule has 1 heterocycles. The van der Waals surface area contributed by atoms with Gasteiger partial charge in [0.2, 0.25) is 0 Å². The molecule has 3 heteroatoms. The second-order valence-corrected chi connectivity index (χ2v) is 5.09. The summed E-state index contributed by atoms with van der Waals surface area (Å²) in [5.41, 5.74) is -0.401. The second kappa shape index (κ2) is 5.36. The van der Waals surface area contributed by atoms with E-state index in [9.17, 15) is 4.79 Å². The molecule has 1 aliphatic heterocycles. The number of carbonyl (C=O) groups excluding carboxylic acids is 1. The SMILES string of the molecule is CC#CCN1CCC[C@H]1C(=O)OC(C)(C)C. The van der Waals surface area contributed by atoms with Gasteiger partial charge in [0.1, 0.15) is 11.6 Å². The molecule has 0 aromatic rings. The molecule has 0 spiro atoms. The van der Waals surface area contributed by atoms with Gasteiger partial charge in [-0.2, -0.15) is 0 Å². The number of nitrogens with zero attached hydrogens (tertiary/aromatic N) is 1. The molecule has 0 N–H and O–H groups in total. The number of hydrogen-bond donors (Lipinski definition) is 0. The van der Waals surface area contributed by atoms with Crippen molar-refractivity contribution >= 4 is 5.97 Å². The maximum absolute atomic E-state index is 11.9. The third-order valence-corrected chi connectivity index (χ3v) is 2.50. The van der Waals surface area contributed by atoms with Crippen molar-refractivity contribution in [2.24, 2.45) is 0 Å². The van der Waals surface area contributed by atoms with Crippen LogP contribution in [0.15, 0.2) is 0 Å². The summed E-state index contributed by atoms with van der Waals surface area (Å²) in [6.45, 7) is 9.12. The van der Waals surface area contributed by atoms with Crippen LogP contribution in [-0.4, -0.2) is 35.6 Å². The fraction of sp³-hybridized carbons (Fsp3) is 0.769. The van der Waals surface area contributed by atoms with Crippen molar-refractivity contribution in [2.45, 2.75) is 52.2 Å². The van der Waals surface area contributed by atoms with E-state index in [0.717, 1.165) is 19.4 Å². The summed E-state index contributed by atoms with van der Waals surface area (Å²) in [5, 5.41) is 0. The Kier molecular flexibility index (Phi) is 4.37. The number of hydrogen-bond acceptors (Lipinski definition) is 3. The topological polar surface area (TPSA) is 29.5 Å². The number of ether oxygens (including phenoxy) is 1. The van der Waals surface area contributed by atoms with Gasteiger partial charge in [-0.15, -0.1) is 5.92 Å². The highest BCUT2D eigenvalue weighted by molar-refractivity contribution is 5.76. The monoisotopic (exact) mass is 223 g/mol. The number of esters is 1. The van der Waals surface area contributed by atoms with E-state index in [4.69, 9.17) is 4.74 Å². The molecule has 0 radical (unpaired) electrons. The fourth-order valence-corrected chi connectivity index (χ4v) is 1.83. The lowest BCUT2D eigenvalue weighted by Crippen LogP contribution is -2.40. The van der Waals surface area contributed by atoms with E-state index in [1.165, 1.54) is 0 Å². The molecule has 1 atom stereocenters. The van der Waals surface area contributed by atoms with Gasteiger partial charge < -0.3 is 4.74 Å². The van der Waals surface area contributed by atoms with Crippen LogP contribution in [0.25, 0.3) is 0 Å². The van der Waals surface area contributed by atoms with Crippen LogP contribution >= 0.6 is 0 Å². The third-order valence-electron chi connectivity index (χ3n) is 2.50. The van der Waals surface area contributed by atoms with Crippen molar-refractivity contribution in [3.05, 3.63) is 0 Å². The van der Waals surface area contributed by atoms with E-state index in [2.05, 4.69) is 16.7 Å². The highest BCUT2D eigenvalue weighted by Gasteiger charge is 2.33. The van der Waals surface area contributed by atoms with Gasteiger partial charge in [0.15, 0.2) is 0 Å². The average molecular weight is 223 g/mol. The summed E-state index contributed by atoms with van der Waals surface area (Å²) >= 11 is 0. The molecule has 16 heavy (non-hydrogen) atoms. The first kappa shape index (κ1) is 13.1. The first-order valence-electron chi connectivity index (χ1n) is 5.80. The molecule has 1 fully saturated rings. The van der Waals surface area contributed by atoms with Crippen molar-refractivity contribution < 1.29 is 9.53 Å². The van der Waals surface area contributed by atoms with Crippen molar-refractivity contribution in [1.29, 1.82) is 0 Å². The summed E-state index contributed by atoms with van der Waals surface area (Å²) in [6.07, 6.45) is 1.94. The molecule has 0 aromatic heterocycles. The molecule has 90 valence electrons. The van der Waals surface area contributed by atoms with Crippen LogP contribution in [-0.2, 0) is 9.53 Å². The number of likely N-dealkylation sites (tertiary alicyclic amines) is 1. The van der Waals surface area contributed by atoms with Crippen LogP contribution in [0.5, 0.6) is 0 Å². The lowest BCUT2D eigenvalue weighted by atomic mass is 10.1. The van der Waals surface area contributed by atoms with Gasteiger partial charge in [0, 0.05) is 6.54 Å². The Morgan fingerprint density at radius 3 is 2.75 bits per heavy atom. The van der Waals surface area contributed by atoms with E-state index in [1.54, 1.807) is 0 Å². The van der Waals surface area contributed by atoms with Gasteiger partial charge in [0.25, 0.3) is 0 Å². The summed E-state index contributed by atoms with van der Waals surface area (Å²) in [7, 11) is 0. The smallest absolute Gasteiger partial charge is 0.323 e. The van der Waals surface area contributed by atoms with Crippen LogP contribution in [0.4, 0.5) is 0 Å². The van der Waals surface area contributed by atoms with Gasteiger partial charge in [-0.25, -0.2) is 0 Å². The maximum atomic E-state index is 11.9. The minimum Gasteiger partial charge on any atom is -0.459 e. The van der Waals surface area contributed by atoms with E-state index < -0.39 is 5.60 Å². The van der Waals surface area contributed by atoms with Gasteiger partial charge in [0.05, 0.1) is 6.54 Å². The maximum Gasteiger partial charge on any atom is 0.323 e.